The van der Waals surface area contributed by atoms with Gasteiger partial charge in [0.2, 0.25) is 5.91 Å². The van der Waals surface area contributed by atoms with E-state index in [0.717, 1.165) is 5.69 Å². The molecule has 2 rings (SSSR count). The van der Waals surface area contributed by atoms with Gasteiger partial charge in [0.05, 0.1) is 6.04 Å². The van der Waals surface area contributed by atoms with Crippen LogP contribution in [0.3, 0.4) is 0 Å². The Morgan fingerprint density at radius 2 is 1.67 bits per heavy atom. The molecule has 1 aromatic carbocycles. The first kappa shape index (κ1) is 20.9. The predicted octanol–water partition coefficient (Wildman–Crippen LogP) is 4.16. The Bertz CT molecular complexity index is 727. The highest BCUT2D eigenvalue weighted by Crippen LogP contribution is 2.22. The van der Waals surface area contributed by atoms with Gasteiger partial charge in [-0.2, -0.15) is 0 Å². The monoisotopic (exact) mass is 388 g/mol. The Labute approximate surface area is 165 Å². The summed E-state index contributed by atoms with van der Waals surface area (Å²) in [5.41, 5.74) is 1.39. The third kappa shape index (κ3) is 7.03. The van der Waals surface area contributed by atoms with Gasteiger partial charge in [-0.25, -0.2) is 4.79 Å². The number of hydrogen-bond acceptors (Lipinski definition) is 4. The van der Waals surface area contributed by atoms with Crippen molar-refractivity contribution in [2.45, 2.75) is 26.3 Å². The van der Waals surface area contributed by atoms with Gasteiger partial charge in [-0.05, 0) is 55.7 Å². The number of rotatable bonds is 8. The molecule has 0 fully saturated rings. The number of urea groups is 1. The Hall–Kier alpha value is -2.38. The fraction of sp³-hybridized carbons (Fsp3) is 0.400. The Morgan fingerprint density at radius 3 is 2.19 bits per heavy atom. The number of nitrogens with one attached hydrogen (secondary N) is 3. The lowest BCUT2D eigenvalue weighted by molar-refractivity contribution is -0.116. The molecule has 0 aliphatic carbocycles. The van der Waals surface area contributed by atoms with Crippen LogP contribution in [0.15, 0.2) is 41.8 Å². The molecule has 1 aromatic heterocycles. The van der Waals surface area contributed by atoms with Gasteiger partial charge in [0.15, 0.2) is 0 Å². The van der Waals surface area contributed by atoms with Crippen LogP contribution < -0.4 is 16.0 Å². The maximum Gasteiger partial charge on any atom is 0.319 e. The Balaban J connectivity index is 1.84. The van der Waals surface area contributed by atoms with E-state index in [-0.39, 0.29) is 18.0 Å². The smallest absolute Gasteiger partial charge is 0.319 e. The summed E-state index contributed by atoms with van der Waals surface area (Å²) in [4.78, 5) is 27.3. The van der Waals surface area contributed by atoms with Crippen molar-refractivity contribution in [2.75, 3.05) is 31.3 Å². The molecular formula is C20H28N4O2S. The molecule has 6 nitrogen and oxygen atoms in total. The Morgan fingerprint density at radius 1 is 1.04 bits per heavy atom. The molecule has 0 aliphatic rings. The normalized spacial score (nSPS) is 12.1. The zero-order valence-electron chi connectivity index (χ0n) is 16.3. The van der Waals surface area contributed by atoms with E-state index in [1.54, 1.807) is 35.6 Å². The van der Waals surface area contributed by atoms with Gasteiger partial charge in [-0.3, -0.25) is 4.79 Å². The fourth-order valence-electron chi connectivity index (χ4n) is 2.60. The first-order valence-corrected chi connectivity index (χ1v) is 9.87. The summed E-state index contributed by atoms with van der Waals surface area (Å²) in [6, 6.07) is 11.1. The fourth-order valence-corrected chi connectivity index (χ4v) is 3.53. The lowest BCUT2D eigenvalue weighted by atomic mass is 10.1. The molecule has 0 bridgehead atoms. The molecule has 0 saturated heterocycles. The maximum atomic E-state index is 12.2. The molecule has 0 spiro atoms. The molecule has 0 radical (unpaired) electrons. The molecular weight excluding hydrogens is 360 g/mol. The second-order valence-corrected chi connectivity index (χ2v) is 8.03. The number of thiophene rings is 1. The van der Waals surface area contributed by atoms with E-state index < -0.39 is 0 Å². The van der Waals surface area contributed by atoms with Gasteiger partial charge in [0.1, 0.15) is 0 Å². The van der Waals surface area contributed by atoms with Crippen LogP contribution in [0, 0.1) is 5.92 Å². The van der Waals surface area contributed by atoms with E-state index in [1.807, 2.05) is 39.4 Å². The van der Waals surface area contributed by atoms with Gasteiger partial charge >= 0.3 is 6.03 Å². The largest absolute Gasteiger partial charge is 0.336 e. The zero-order chi connectivity index (χ0) is 19.8. The summed E-state index contributed by atoms with van der Waals surface area (Å²) in [7, 11) is 3.99. The Kier molecular flexibility index (Phi) is 7.82. The van der Waals surface area contributed by atoms with Gasteiger partial charge in [0, 0.05) is 29.2 Å². The highest BCUT2D eigenvalue weighted by atomic mass is 32.1. The molecule has 0 saturated carbocycles. The van der Waals surface area contributed by atoms with E-state index >= 15 is 0 Å². The molecule has 1 heterocycles. The number of anilines is 2. The molecule has 3 amide bonds. The summed E-state index contributed by atoms with van der Waals surface area (Å²) in [5.74, 6) is 0.307. The van der Waals surface area contributed by atoms with Gasteiger partial charge in [-0.1, -0.05) is 19.9 Å². The molecule has 0 aliphatic heterocycles. The first-order chi connectivity index (χ1) is 12.8. The van der Waals surface area contributed by atoms with Crippen molar-refractivity contribution in [3.63, 3.8) is 0 Å². The number of carbonyl (C=O) groups excluding carboxylic acids is 2. The van der Waals surface area contributed by atoms with Gasteiger partial charge in [0.25, 0.3) is 0 Å². The predicted molar refractivity (Wildman–Crippen MR) is 112 cm³/mol. The minimum Gasteiger partial charge on any atom is -0.336 e. The molecule has 1 unspecified atom stereocenters. The third-order valence-corrected chi connectivity index (χ3v) is 4.94. The number of benzene rings is 1. The summed E-state index contributed by atoms with van der Waals surface area (Å²) >= 11 is 1.68. The van der Waals surface area contributed by atoms with Crippen molar-refractivity contribution < 1.29 is 9.59 Å². The standard InChI is InChI=1S/C20H28N4O2S/c1-14(2)12-19(25)22-15-7-9-16(10-8-15)23-20(26)21-13-17(24(3)4)18-6-5-11-27-18/h5-11,14,17H,12-13H2,1-4H3,(H,22,25)(H2,21,23,26). The second kappa shape index (κ2) is 10.1. The summed E-state index contributed by atoms with van der Waals surface area (Å²) < 4.78 is 0. The molecule has 1 atom stereocenters. The second-order valence-electron chi connectivity index (χ2n) is 7.05. The minimum absolute atomic E-state index is 0.00763. The topological polar surface area (TPSA) is 73.5 Å². The number of hydrogen-bond donors (Lipinski definition) is 3. The molecule has 2 aromatic rings. The van der Waals surface area contributed by atoms with Crippen LogP contribution in [0.25, 0.3) is 0 Å². The SMILES string of the molecule is CC(C)CC(=O)Nc1ccc(NC(=O)NCC(c2cccs2)N(C)C)cc1. The van der Waals surface area contributed by atoms with Crippen LogP contribution in [-0.4, -0.2) is 37.5 Å². The van der Waals surface area contributed by atoms with Crippen molar-refractivity contribution in [1.29, 1.82) is 0 Å². The van der Waals surface area contributed by atoms with Crippen molar-refractivity contribution in [3.8, 4) is 0 Å². The summed E-state index contributed by atoms with van der Waals surface area (Å²) in [6.45, 7) is 4.53. The third-order valence-electron chi connectivity index (χ3n) is 3.97. The molecule has 3 N–H and O–H groups in total. The number of likely N-dealkylation sites (N-methyl/N-ethyl adjacent to an activating group) is 1. The summed E-state index contributed by atoms with van der Waals surface area (Å²) in [6.07, 6.45) is 0.486. The van der Waals surface area contributed by atoms with Crippen molar-refractivity contribution in [2.24, 2.45) is 5.92 Å². The van der Waals surface area contributed by atoms with E-state index in [4.69, 9.17) is 0 Å². The van der Waals surface area contributed by atoms with Crippen LogP contribution in [0.1, 0.15) is 31.2 Å². The van der Waals surface area contributed by atoms with E-state index in [2.05, 4.69) is 26.9 Å². The van der Waals surface area contributed by atoms with Gasteiger partial charge < -0.3 is 20.9 Å². The van der Waals surface area contributed by atoms with Crippen LogP contribution in [0.4, 0.5) is 16.2 Å². The highest BCUT2D eigenvalue weighted by Gasteiger charge is 2.16. The lowest BCUT2D eigenvalue weighted by Crippen LogP contribution is -2.36. The molecule has 146 valence electrons. The van der Waals surface area contributed by atoms with E-state index in [9.17, 15) is 9.59 Å². The van der Waals surface area contributed by atoms with Crippen molar-refractivity contribution in [1.82, 2.24) is 10.2 Å². The lowest BCUT2D eigenvalue weighted by Gasteiger charge is -2.23. The average molecular weight is 389 g/mol. The number of nitrogens with zero attached hydrogens (tertiary/aromatic N) is 1. The highest BCUT2D eigenvalue weighted by molar-refractivity contribution is 7.10. The van der Waals surface area contributed by atoms with Crippen LogP contribution in [0.5, 0.6) is 0 Å². The number of carbonyl (C=O) groups is 2. The van der Waals surface area contributed by atoms with Crippen LogP contribution in [-0.2, 0) is 4.79 Å². The van der Waals surface area contributed by atoms with E-state index in [1.165, 1.54) is 4.88 Å². The van der Waals surface area contributed by atoms with Crippen LogP contribution >= 0.6 is 11.3 Å². The van der Waals surface area contributed by atoms with Crippen molar-refractivity contribution in [3.05, 3.63) is 46.7 Å². The van der Waals surface area contributed by atoms with Crippen LogP contribution in [0.2, 0.25) is 0 Å². The molecule has 7 heteroatoms. The summed E-state index contributed by atoms with van der Waals surface area (Å²) in [5, 5.41) is 10.6. The minimum atomic E-state index is -0.255. The number of amides is 3. The van der Waals surface area contributed by atoms with E-state index in [0.29, 0.717) is 24.6 Å². The zero-order valence-corrected chi connectivity index (χ0v) is 17.1. The first-order valence-electron chi connectivity index (χ1n) is 8.99. The maximum absolute atomic E-state index is 12.2. The average Bonchev–Trinajstić information content (AvgIpc) is 3.10. The van der Waals surface area contributed by atoms with Gasteiger partial charge in [-0.15, -0.1) is 11.3 Å². The van der Waals surface area contributed by atoms with Crippen molar-refractivity contribution >= 4 is 34.6 Å². The quantitative estimate of drug-likeness (QED) is 0.636. The molecule has 27 heavy (non-hydrogen) atoms.